The minimum Gasteiger partial charge on any atom is -0.326 e. The van der Waals surface area contributed by atoms with Crippen LogP contribution in [0.2, 0.25) is 0 Å². The van der Waals surface area contributed by atoms with Crippen molar-refractivity contribution in [2.45, 2.75) is 40.5 Å². The molecule has 0 saturated carbocycles. The van der Waals surface area contributed by atoms with Gasteiger partial charge in [-0.1, -0.05) is 27.7 Å². The highest BCUT2D eigenvalue weighted by atomic mass is 19.1. The number of carbonyl (C=O) groups is 1. The quantitative estimate of drug-likeness (QED) is 0.900. The van der Waals surface area contributed by atoms with E-state index in [9.17, 15) is 9.18 Å². The summed E-state index contributed by atoms with van der Waals surface area (Å²) >= 11 is 0. The van der Waals surface area contributed by atoms with Gasteiger partial charge in [-0.15, -0.1) is 0 Å². The van der Waals surface area contributed by atoms with Gasteiger partial charge in [0, 0.05) is 12.1 Å². The lowest BCUT2D eigenvalue weighted by atomic mass is 9.84. The van der Waals surface area contributed by atoms with E-state index < -0.39 is 5.82 Å². The lowest BCUT2D eigenvalue weighted by Crippen LogP contribution is -2.19. The first-order chi connectivity index (χ1) is 9.21. The molecule has 0 aliphatic carbocycles. The number of halogens is 1. The van der Waals surface area contributed by atoms with Crippen LogP contribution in [-0.2, 0) is 4.79 Å². The Labute approximate surface area is 119 Å². The van der Waals surface area contributed by atoms with Crippen molar-refractivity contribution in [1.29, 1.82) is 5.26 Å². The number of nitrogens with zero attached hydrogens (tertiary/aromatic N) is 1. The molecule has 1 rings (SSSR count). The number of hydrogen-bond donors (Lipinski definition) is 1. The van der Waals surface area contributed by atoms with E-state index in [1.165, 1.54) is 18.2 Å². The van der Waals surface area contributed by atoms with E-state index in [-0.39, 0.29) is 22.8 Å². The summed E-state index contributed by atoms with van der Waals surface area (Å²) < 4.78 is 13.2. The van der Waals surface area contributed by atoms with Crippen molar-refractivity contribution >= 4 is 11.6 Å². The third-order valence-electron chi connectivity index (χ3n) is 2.87. The van der Waals surface area contributed by atoms with Crippen LogP contribution >= 0.6 is 0 Å². The first kappa shape index (κ1) is 16.2. The molecule has 1 amide bonds. The van der Waals surface area contributed by atoms with Gasteiger partial charge in [-0.25, -0.2) is 4.39 Å². The van der Waals surface area contributed by atoms with Crippen molar-refractivity contribution in [2.24, 2.45) is 11.3 Å². The number of benzene rings is 1. The van der Waals surface area contributed by atoms with Crippen LogP contribution in [0.4, 0.5) is 10.1 Å². The summed E-state index contributed by atoms with van der Waals surface area (Å²) in [5, 5.41) is 11.5. The normalized spacial score (nSPS) is 12.6. The van der Waals surface area contributed by atoms with Crippen molar-refractivity contribution in [2.75, 3.05) is 5.32 Å². The SMILES string of the molecule is CC(CC(=O)Nc1ccc(F)c(C#N)c1)CC(C)(C)C. The Balaban J connectivity index is 2.61. The van der Waals surface area contributed by atoms with Gasteiger partial charge >= 0.3 is 0 Å². The van der Waals surface area contributed by atoms with Gasteiger partial charge in [0.1, 0.15) is 11.9 Å². The molecule has 0 aliphatic rings. The van der Waals surface area contributed by atoms with E-state index in [2.05, 4.69) is 26.1 Å². The van der Waals surface area contributed by atoms with Gasteiger partial charge in [-0.05, 0) is 36.0 Å². The van der Waals surface area contributed by atoms with Crippen LogP contribution in [0.1, 0.15) is 46.1 Å². The molecule has 1 N–H and O–H groups in total. The second-order valence-electron chi connectivity index (χ2n) is 6.43. The van der Waals surface area contributed by atoms with Crippen LogP contribution in [-0.4, -0.2) is 5.91 Å². The number of amides is 1. The average Bonchev–Trinajstić information content (AvgIpc) is 2.28. The largest absolute Gasteiger partial charge is 0.326 e. The van der Waals surface area contributed by atoms with Crippen molar-refractivity contribution in [3.8, 4) is 6.07 Å². The first-order valence-corrected chi connectivity index (χ1v) is 6.71. The Kier molecular flexibility index (Phi) is 5.26. The number of rotatable bonds is 4. The Hall–Kier alpha value is -1.89. The smallest absolute Gasteiger partial charge is 0.224 e. The van der Waals surface area contributed by atoms with Gasteiger partial charge in [0.15, 0.2) is 0 Å². The predicted octanol–water partition coefficient (Wildman–Crippen LogP) is 4.10. The van der Waals surface area contributed by atoms with Crippen LogP contribution in [0, 0.1) is 28.5 Å². The molecule has 1 aromatic rings. The minimum atomic E-state index is -0.577. The monoisotopic (exact) mass is 276 g/mol. The van der Waals surface area contributed by atoms with E-state index in [4.69, 9.17) is 5.26 Å². The maximum absolute atomic E-state index is 13.2. The molecule has 0 radical (unpaired) electrons. The van der Waals surface area contributed by atoms with E-state index in [0.717, 1.165) is 6.42 Å². The topological polar surface area (TPSA) is 52.9 Å². The molecule has 0 aromatic heterocycles. The molecule has 0 saturated heterocycles. The van der Waals surface area contributed by atoms with Gasteiger partial charge in [0.25, 0.3) is 0 Å². The summed E-state index contributed by atoms with van der Waals surface area (Å²) in [6.45, 7) is 8.46. The second kappa shape index (κ2) is 6.51. The van der Waals surface area contributed by atoms with Crippen molar-refractivity contribution in [3.63, 3.8) is 0 Å². The summed E-state index contributed by atoms with van der Waals surface area (Å²) in [5.74, 6) is -0.422. The third-order valence-corrected chi connectivity index (χ3v) is 2.87. The highest BCUT2D eigenvalue weighted by molar-refractivity contribution is 5.91. The summed E-state index contributed by atoms with van der Waals surface area (Å²) in [6, 6.07) is 5.75. The maximum atomic E-state index is 13.2. The van der Waals surface area contributed by atoms with Crippen molar-refractivity contribution in [1.82, 2.24) is 0 Å². The Morgan fingerprint density at radius 2 is 2.10 bits per heavy atom. The van der Waals surface area contributed by atoms with Gasteiger partial charge in [-0.3, -0.25) is 4.79 Å². The van der Waals surface area contributed by atoms with Crippen molar-refractivity contribution < 1.29 is 9.18 Å². The highest BCUT2D eigenvalue weighted by Crippen LogP contribution is 2.26. The number of nitrogens with one attached hydrogen (secondary N) is 1. The molecule has 108 valence electrons. The molecule has 0 aliphatic heterocycles. The molecule has 0 fully saturated rings. The molecule has 20 heavy (non-hydrogen) atoms. The van der Waals surface area contributed by atoms with E-state index in [0.29, 0.717) is 12.1 Å². The Morgan fingerprint density at radius 3 is 2.65 bits per heavy atom. The molecule has 3 nitrogen and oxygen atoms in total. The van der Waals surface area contributed by atoms with Crippen LogP contribution in [0.15, 0.2) is 18.2 Å². The van der Waals surface area contributed by atoms with E-state index in [1.807, 2.05) is 6.92 Å². The number of carbonyl (C=O) groups excluding carboxylic acids is 1. The molecule has 1 aromatic carbocycles. The molecule has 1 unspecified atom stereocenters. The Bertz CT molecular complexity index is 526. The molecule has 0 heterocycles. The van der Waals surface area contributed by atoms with Crippen LogP contribution in [0.5, 0.6) is 0 Å². The zero-order valence-electron chi connectivity index (χ0n) is 12.5. The summed E-state index contributed by atoms with van der Waals surface area (Å²) in [7, 11) is 0. The minimum absolute atomic E-state index is 0.0643. The van der Waals surface area contributed by atoms with E-state index >= 15 is 0 Å². The van der Waals surface area contributed by atoms with Crippen LogP contribution in [0.25, 0.3) is 0 Å². The van der Waals surface area contributed by atoms with Crippen LogP contribution in [0.3, 0.4) is 0 Å². The van der Waals surface area contributed by atoms with Crippen LogP contribution < -0.4 is 5.32 Å². The zero-order valence-corrected chi connectivity index (χ0v) is 12.5. The van der Waals surface area contributed by atoms with Gasteiger partial charge in [0.05, 0.1) is 5.56 Å². The first-order valence-electron chi connectivity index (χ1n) is 6.71. The zero-order chi connectivity index (χ0) is 15.3. The number of anilines is 1. The average molecular weight is 276 g/mol. The van der Waals surface area contributed by atoms with E-state index in [1.54, 1.807) is 6.07 Å². The number of hydrogen-bond acceptors (Lipinski definition) is 2. The van der Waals surface area contributed by atoms with Gasteiger partial charge in [0.2, 0.25) is 5.91 Å². The standard InChI is InChI=1S/C16H21FN2O/c1-11(9-16(2,3)4)7-15(20)19-13-5-6-14(17)12(8-13)10-18/h5-6,8,11H,7,9H2,1-4H3,(H,19,20). The summed E-state index contributed by atoms with van der Waals surface area (Å²) in [5.41, 5.74) is 0.574. The fourth-order valence-corrected chi connectivity index (χ4v) is 2.33. The second-order valence-corrected chi connectivity index (χ2v) is 6.43. The maximum Gasteiger partial charge on any atom is 0.224 e. The lowest BCUT2D eigenvalue weighted by Gasteiger charge is -2.22. The third kappa shape index (κ3) is 5.40. The van der Waals surface area contributed by atoms with Gasteiger partial charge < -0.3 is 5.32 Å². The molecular formula is C16H21FN2O. The predicted molar refractivity (Wildman–Crippen MR) is 77.6 cm³/mol. The molecule has 0 bridgehead atoms. The summed E-state index contributed by atoms with van der Waals surface area (Å²) in [4.78, 5) is 11.9. The molecule has 0 spiro atoms. The highest BCUT2D eigenvalue weighted by Gasteiger charge is 2.18. The van der Waals surface area contributed by atoms with Gasteiger partial charge in [-0.2, -0.15) is 5.26 Å². The fourth-order valence-electron chi connectivity index (χ4n) is 2.33. The molecular weight excluding hydrogens is 255 g/mol. The van der Waals surface area contributed by atoms with Crippen molar-refractivity contribution in [3.05, 3.63) is 29.6 Å². The Morgan fingerprint density at radius 1 is 1.45 bits per heavy atom. The molecule has 4 heteroatoms. The fraction of sp³-hybridized carbons (Fsp3) is 0.500. The number of nitriles is 1. The lowest BCUT2D eigenvalue weighted by molar-refractivity contribution is -0.117. The molecule has 1 atom stereocenters. The summed E-state index contributed by atoms with van der Waals surface area (Å²) in [6.07, 6.45) is 1.36.